The molecule has 0 aliphatic rings. The summed E-state index contributed by atoms with van der Waals surface area (Å²) in [5.74, 6) is 0. The largest absolute Gasteiger partial charge is 0.280 e. The van der Waals surface area contributed by atoms with E-state index in [0.717, 1.165) is 11.0 Å². The Bertz CT molecular complexity index is 1240. The number of hydrogen-bond acceptors (Lipinski definition) is 4. The van der Waals surface area contributed by atoms with Crippen LogP contribution in [0.4, 0.5) is 11.4 Å². The lowest BCUT2D eigenvalue weighted by Crippen LogP contribution is -2.14. The van der Waals surface area contributed by atoms with Gasteiger partial charge in [-0.1, -0.05) is 60.1 Å². The van der Waals surface area contributed by atoms with Crippen LogP contribution in [-0.2, 0) is 20.0 Å². The van der Waals surface area contributed by atoms with E-state index < -0.39 is 20.0 Å². The molecule has 9 heteroatoms. The smallest absolute Gasteiger partial charge is 0.262 e. The van der Waals surface area contributed by atoms with Gasteiger partial charge in [0.15, 0.2) is 0 Å². The first kappa shape index (κ1) is 20.9. The fraction of sp³-hybridized carbons (Fsp3) is 0. The summed E-state index contributed by atoms with van der Waals surface area (Å²) in [7, 11) is -7.78. The Morgan fingerprint density at radius 1 is 0.759 bits per heavy atom. The van der Waals surface area contributed by atoms with Gasteiger partial charge in [0, 0.05) is 0 Å². The van der Waals surface area contributed by atoms with Crippen LogP contribution in [0.5, 0.6) is 0 Å². The number of rotatable bonds is 7. The molecule has 29 heavy (non-hydrogen) atoms. The van der Waals surface area contributed by atoms with Gasteiger partial charge in [0.25, 0.3) is 20.0 Å². The zero-order valence-electron chi connectivity index (χ0n) is 15.0. The summed E-state index contributed by atoms with van der Waals surface area (Å²) in [5, 5.41) is 1.27. The van der Waals surface area contributed by atoms with Crippen molar-refractivity contribution in [3.05, 3.63) is 94.9 Å². The van der Waals surface area contributed by atoms with Crippen LogP contribution in [0.1, 0.15) is 5.56 Å². The number of halogens is 1. The summed E-state index contributed by atoms with van der Waals surface area (Å²) >= 11 is 6.00. The normalized spacial score (nSPS) is 12.0. The summed E-state index contributed by atoms with van der Waals surface area (Å²) in [6, 6.07) is 20.8. The molecule has 3 aromatic carbocycles. The van der Waals surface area contributed by atoms with Crippen molar-refractivity contribution in [3.8, 4) is 0 Å². The molecule has 0 aromatic heterocycles. The summed E-state index contributed by atoms with van der Waals surface area (Å²) < 4.78 is 54.6. The van der Waals surface area contributed by atoms with Gasteiger partial charge in [-0.3, -0.25) is 9.44 Å². The third-order valence-electron chi connectivity index (χ3n) is 3.76. The molecule has 0 fully saturated rings. The summed E-state index contributed by atoms with van der Waals surface area (Å²) in [4.78, 5) is -0.107. The van der Waals surface area contributed by atoms with Gasteiger partial charge in [0.1, 0.15) is 0 Å². The van der Waals surface area contributed by atoms with Crippen molar-refractivity contribution in [2.45, 2.75) is 4.90 Å². The number of para-hydroxylation sites is 1. The van der Waals surface area contributed by atoms with Crippen LogP contribution in [0, 0.1) is 0 Å². The molecule has 0 heterocycles. The van der Waals surface area contributed by atoms with E-state index in [0.29, 0.717) is 0 Å². The standard InChI is InChI=1S/C20H17ClN2O4S2/c21-19-11-4-5-12-20(19)23-29(26,27)18-10-6-9-17(15-18)22-28(24,25)14-13-16-7-2-1-3-8-16/h1-15,22-23H. The number of sulfonamides is 2. The molecule has 0 bridgehead atoms. The SMILES string of the molecule is O=S(=O)(C=Cc1ccccc1)Nc1cccc(S(=O)(=O)Nc2ccccc2Cl)c1. The van der Waals surface area contributed by atoms with E-state index in [1.807, 2.05) is 6.07 Å². The summed E-state index contributed by atoms with van der Waals surface area (Å²) in [6.07, 6.45) is 1.45. The number of benzene rings is 3. The van der Waals surface area contributed by atoms with Gasteiger partial charge in [-0.15, -0.1) is 0 Å². The third kappa shape index (κ3) is 5.83. The first-order valence-corrected chi connectivity index (χ1v) is 11.8. The van der Waals surface area contributed by atoms with E-state index in [4.69, 9.17) is 11.6 Å². The lowest BCUT2D eigenvalue weighted by Gasteiger charge is -2.11. The van der Waals surface area contributed by atoms with Crippen LogP contribution in [-0.4, -0.2) is 16.8 Å². The highest BCUT2D eigenvalue weighted by molar-refractivity contribution is 7.95. The van der Waals surface area contributed by atoms with Crippen LogP contribution in [0.3, 0.4) is 0 Å². The maximum absolute atomic E-state index is 12.6. The maximum Gasteiger partial charge on any atom is 0.262 e. The van der Waals surface area contributed by atoms with Gasteiger partial charge in [-0.2, -0.15) is 0 Å². The minimum absolute atomic E-state index is 0.107. The van der Waals surface area contributed by atoms with Crippen LogP contribution in [0.25, 0.3) is 6.08 Å². The van der Waals surface area contributed by atoms with Crippen molar-refractivity contribution in [2.24, 2.45) is 0 Å². The van der Waals surface area contributed by atoms with E-state index >= 15 is 0 Å². The number of hydrogen-bond donors (Lipinski definition) is 2. The second-order valence-corrected chi connectivity index (χ2v) is 9.63. The molecule has 0 amide bonds. The predicted octanol–water partition coefficient (Wildman–Crippen LogP) is 4.55. The van der Waals surface area contributed by atoms with E-state index in [2.05, 4.69) is 9.44 Å². The van der Waals surface area contributed by atoms with Gasteiger partial charge in [0.2, 0.25) is 0 Å². The van der Waals surface area contributed by atoms with Gasteiger partial charge in [0.05, 0.1) is 26.7 Å². The molecule has 0 aliphatic carbocycles. The first-order chi connectivity index (χ1) is 13.8. The number of nitrogens with one attached hydrogen (secondary N) is 2. The summed E-state index contributed by atoms with van der Waals surface area (Å²) in [5.41, 5.74) is 1.06. The zero-order chi connectivity index (χ0) is 20.9. The molecule has 3 rings (SSSR count). The van der Waals surface area contributed by atoms with Crippen molar-refractivity contribution < 1.29 is 16.8 Å². The Balaban J connectivity index is 1.80. The zero-order valence-corrected chi connectivity index (χ0v) is 17.4. The van der Waals surface area contributed by atoms with Gasteiger partial charge >= 0.3 is 0 Å². The fourth-order valence-corrected chi connectivity index (χ4v) is 4.63. The lowest BCUT2D eigenvalue weighted by atomic mass is 10.2. The average Bonchev–Trinajstić information content (AvgIpc) is 2.69. The van der Waals surface area contributed by atoms with E-state index in [1.54, 1.807) is 42.5 Å². The Kier molecular flexibility index (Phi) is 6.26. The van der Waals surface area contributed by atoms with Crippen molar-refractivity contribution in [1.82, 2.24) is 0 Å². The Hall–Kier alpha value is -2.81. The van der Waals surface area contributed by atoms with Crippen molar-refractivity contribution in [2.75, 3.05) is 9.44 Å². The second kappa shape index (κ2) is 8.69. The first-order valence-electron chi connectivity index (χ1n) is 8.39. The Morgan fingerprint density at radius 3 is 2.17 bits per heavy atom. The quantitative estimate of drug-likeness (QED) is 0.554. The minimum atomic E-state index is -3.96. The third-order valence-corrected chi connectivity index (χ3v) is 6.47. The predicted molar refractivity (Wildman–Crippen MR) is 117 cm³/mol. The highest BCUT2D eigenvalue weighted by atomic mass is 35.5. The van der Waals surface area contributed by atoms with Crippen LogP contribution in [0.2, 0.25) is 5.02 Å². The van der Waals surface area contributed by atoms with Gasteiger partial charge in [-0.05, 0) is 42.0 Å². The molecule has 0 aliphatic heterocycles. The van der Waals surface area contributed by atoms with Crippen molar-refractivity contribution in [1.29, 1.82) is 0 Å². The van der Waals surface area contributed by atoms with Crippen molar-refractivity contribution in [3.63, 3.8) is 0 Å². The monoisotopic (exact) mass is 448 g/mol. The molecule has 2 N–H and O–H groups in total. The lowest BCUT2D eigenvalue weighted by molar-refractivity contribution is 0.600. The Morgan fingerprint density at radius 2 is 1.45 bits per heavy atom. The molecule has 3 aromatic rings. The van der Waals surface area contributed by atoms with Gasteiger partial charge < -0.3 is 0 Å². The molecule has 0 saturated carbocycles. The van der Waals surface area contributed by atoms with Crippen molar-refractivity contribution >= 4 is 49.1 Å². The molecular formula is C20H17ClN2O4S2. The molecule has 6 nitrogen and oxygen atoms in total. The topological polar surface area (TPSA) is 92.3 Å². The fourth-order valence-electron chi connectivity index (χ4n) is 2.40. The molecule has 0 atom stereocenters. The highest BCUT2D eigenvalue weighted by Crippen LogP contribution is 2.25. The van der Waals surface area contributed by atoms with Crippen LogP contribution >= 0.6 is 11.6 Å². The molecule has 0 spiro atoms. The highest BCUT2D eigenvalue weighted by Gasteiger charge is 2.17. The number of anilines is 2. The molecule has 0 saturated heterocycles. The van der Waals surface area contributed by atoms with Crippen LogP contribution < -0.4 is 9.44 Å². The van der Waals surface area contributed by atoms with E-state index in [1.165, 1.54) is 36.4 Å². The van der Waals surface area contributed by atoms with E-state index in [9.17, 15) is 16.8 Å². The molecule has 0 unspecified atom stereocenters. The van der Waals surface area contributed by atoms with Gasteiger partial charge in [-0.25, -0.2) is 16.8 Å². The van der Waals surface area contributed by atoms with Crippen LogP contribution in [0.15, 0.2) is 89.2 Å². The minimum Gasteiger partial charge on any atom is -0.280 e. The van der Waals surface area contributed by atoms with E-state index in [-0.39, 0.29) is 21.3 Å². The second-order valence-electron chi connectivity index (χ2n) is 5.97. The average molecular weight is 449 g/mol. The maximum atomic E-state index is 12.6. The summed E-state index contributed by atoms with van der Waals surface area (Å²) in [6.45, 7) is 0. The molecule has 150 valence electrons. The molecular weight excluding hydrogens is 432 g/mol. The Labute approximate surface area is 175 Å². The molecule has 0 radical (unpaired) electrons.